The summed E-state index contributed by atoms with van der Waals surface area (Å²) < 4.78 is 14.1. The minimum Gasteiger partial charge on any atom is -0.394 e. The third-order valence-corrected chi connectivity index (χ3v) is 5.66. The number of aliphatic hydroxyl groups excluding tert-OH is 1. The lowest BCUT2D eigenvalue weighted by molar-refractivity contribution is -0.129. The molecule has 2 amide bonds. The lowest BCUT2D eigenvalue weighted by atomic mass is 10.1. The van der Waals surface area contributed by atoms with E-state index in [0.717, 1.165) is 17.3 Å². The molecule has 150 valence electrons. The summed E-state index contributed by atoms with van der Waals surface area (Å²) in [7, 11) is 0. The summed E-state index contributed by atoms with van der Waals surface area (Å²) in [5, 5.41) is 12.3. The van der Waals surface area contributed by atoms with Crippen molar-refractivity contribution in [2.75, 3.05) is 13.2 Å². The fourth-order valence-corrected chi connectivity index (χ4v) is 4.09. The number of halogens is 1. The van der Waals surface area contributed by atoms with Gasteiger partial charge in [-0.2, -0.15) is 0 Å². The molecule has 2 N–H and O–H groups in total. The lowest BCUT2D eigenvalue weighted by Crippen LogP contribution is -2.45. The zero-order valence-electron chi connectivity index (χ0n) is 15.4. The molecule has 8 heteroatoms. The Morgan fingerprint density at radius 1 is 1.21 bits per heavy atom. The summed E-state index contributed by atoms with van der Waals surface area (Å²) in [6.45, 7) is -0.489. The SMILES string of the molecule is O=C(CN1C(=O)/C(=C\c2ccccc2F)SC1=S)NC(CO)Cc1ccccc1. The van der Waals surface area contributed by atoms with E-state index >= 15 is 0 Å². The Balaban J connectivity index is 1.63. The largest absolute Gasteiger partial charge is 0.394 e. The molecule has 5 nitrogen and oxygen atoms in total. The summed E-state index contributed by atoms with van der Waals surface area (Å²) >= 11 is 6.24. The van der Waals surface area contributed by atoms with Gasteiger partial charge < -0.3 is 10.4 Å². The first kappa shape index (κ1) is 21.2. The number of nitrogens with one attached hydrogen (secondary N) is 1. The summed E-state index contributed by atoms with van der Waals surface area (Å²) in [4.78, 5) is 26.5. The van der Waals surface area contributed by atoms with Crippen LogP contribution in [0.2, 0.25) is 0 Å². The van der Waals surface area contributed by atoms with Crippen LogP contribution in [0.15, 0.2) is 59.5 Å². The van der Waals surface area contributed by atoms with E-state index in [0.29, 0.717) is 6.42 Å². The number of hydrogen-bond acceptors (Lipinski definition) is 5. The molecular formula is C21H19FN2O3S2. The van der Waals surface area contributed by atoms with Gasteiger partial charge in [0.15, 0.2) is 0 Å². The quantitative estimate of drug-likeness (QED) is 0.522. The van der Waals surface area contributed by atoms with E-state index in [1.54, 1.807) is 18.2 Å². The van der Waals surface area contributed by atoms with E-state index in [1.165, 1.54) is 17.0 Å². The Labute approximate surface area is 177 Å². The van der Waals surface area contributed by atoms with E-state index in [1.807, 2.05) is 30.3 Å². The van der Waals surface area contributed by atoms with Gasteiger partial charge in [0, 0.05) is 5.56 Å². The molecule has 1 fully saturated rings. The van der Waals surface area contributed by atoms with Crippen molar-refractivity contribution in [1.82, 2.24) is 10.2 Å². The Hall–Kier alpha value is -2.55. The molecule has 29 heavy (non-hydrogen) atoms. The van der Waals surface area contributed by atoms with Gasteiger partial charge in [-0.25, -0.2) is 4.39 Å². The van der Waals surface area contributed by atoms with Gasteiger partial charge >= 0.3 is 0 Å². The minimum absolute atomic E-state index is 0.230. The second kappa shape index (κ2) is 9.78. The molecule has 0 saturated carbocycles. The fraction of sp³-hybridized carbons (Fsp3) is 0.190. The highest BCUT2D eigenvalue weighted by Crippen LogP contribution is 2.32. The number of thioether (sulfide) groups is 1. The van der Waals surface area contributed by atoms with E-state index in [2.05, 4.69) is 5.32 Å². The molecule has 1 heterocycles. The highest BCUT2D eigenvalue weighted by molar-refractivity contribution is 8.26. The minimum atomic E-state index is -0.475. The highest BCUT2D eigenvalue weighted by atomic mass is 32.2. The molecule has 0 aromatic heterocycles. The Kier molecular flexibility index (Phi) is 7.13. The van der Waals surface area contributed by atoms with Crippen LogP contribution in [0.25, 0.3) is 6.08 Å². The van der Waals surface area contributed by atoms with Crippen LogP contribution in [0.1, 0.15) is 11.1 Å². The van der Waals surface area contributed by atoms with Crippen molar-refractivity contribution in [3.63, 3.8) is 0 Å². The van der Waals surface area contributed by atoms with Crippen LogP contribution in [0.5, 0.6) is 0 Å². The maximum Gasteiger partial charge on any atom is 0.266 e. The monoisotopic (exact) mass is 430 g/mol. The van der Waals surface area contributed by atoms with E-state index in [-0.39, 0.29) is 27.9 Å². The summed E-state index contributed by atoms with van der Waals surface area (Å²) in [5.74, 6) is -1.31. The molecule has 1 aliphatic rings. The van der Waals surface area contributed by atoms with Crippen LogP contribution in [0, 0.1) is 5.82 Å². The van der Waals surface area contributed by atoms with Gasteiger partial charge in [-0.15, -0.1) is 0 Å². The Bertz CT molecular complexity index is 950. The average Bonchev–Trinajstić information content (AvgIpc) is 2.97. The van der Waals surface area contributed by atoms with Gasteiger partial charge in [-0.1, -0.05) is 72.5 Å². The summed E-state index contributed by atoms with van der Waals surface area (Å²) in [6.07, 6.45) is 1.90. The van der Waals surface area contributed by atoms with Crippen LogP contribution in [-0.2, 0) is 16.0 Å². The number of thiocarbonyl (C=S) groups is 1. The number of hydrogen-bond donors (Lipinski definition) is 2. The van der Waals surface area contributed by atoms with Crippen LogP contribution >= 0.6 is 24.0 Å². The van der Waals surface area contributed by atoms with Gasteiger partial charge in [0.05, 0.1) is 17.6 Å². The molecule has 1 unspecified atom stereocenters. The van der Waals surface area contributed by atoms with Crippen LogP contribution < -0.4 is 5.32 Å². The number of amides is 2. The van der Waals surface area contributed by atoms with Crippen molar-refractivity contribution in [1.29, 1.82) is 0 Å². The average molecular weight is 431 g/mol. The van der Waals surface area contributed by atoms with Gasteiger partial charge in [-0.3, -0.25) is 14.5 Å². The first-order chi connectivity index (χ1) is 14.0. The van der Waals surface area contributed by atoms with E-state index in [4.69, 9.17) is 12.2 Å². The standard InChI is InChI=1S/C21H19FN2O3S2/c22-17-9-5-4-8-15(17)11-18-20(27)24(21(28)29-18)12-19(26)23-16(13-25)10-14-6-2-1-3-7-14/h1-9,11,16,25H,10,12-13H2,(H,23,26)/b18-11+. The van der Waals surface area contributed by atoms with Gasteiger partial charge in [0.1, 0.15) is 16.7 Å². The van der Waals surface area contributed by atoms with Gasteiger partial charge in [0.2, 0.25) is 5.91 Å². The van der Waals surface area contributed by atoms with Crippen LogP contribution in [-0.4, -0.2) is 45.3 Å². The number of rotatable bonds is 7. The molecule has 0 bridgehead atoms. The number of carbonyl (C=O) groups excluding carboxylic acids is 2. The van der Waals surface area contributed by atoms with Crippen molar-refractivity contribution < 1.29 is 19.1 Å². The smallest absolute Gasteiger partial charge is 0.266 e. The molecule has 1 aliphatic heterocycles. The molecule has 1 saturated heterocycles. The van der Waals surface area contributed by atoms with Crippen molar-refractivity contribution >= 4 is 46.2 Å². The second-order valence-corrected chi connectivity index (χ2v) is 8.10. The fourth-order valence-electron chi connectivity index (χ4n) is 2.85. The van der Waals surface area contributed by atoms with Crippen molar-refractivity contribution in [2.24, 2.45) is 0 Å². The van der Waals surface area contributed by atoms with Crippen LogP contribution in [0.3, 0.4) is 0 Å². The van der Waals surface area contributed by atoms with Gasteiger partial charge in [-0.05, 0) is 24.1 Å². The molecule has 3 rings (SSSR count). The molecular weight excluding hydrogens is 411 g/mol. The second-order valence-electron chi connectivity index (χ2n) is 6.43. The maximum atomic E-state index is 13.8. The molecule has 2 aromatic rings. The summed E-state index contributed by atoms with van der Waals surface area (Å²) in [6, 6.07) is 15.1. The molecule has 0 spiro atoms. The predicted molar refractivity (Wildman–Crippen MR) is 115 cm³/mol. The molecule has 2 aromatic carbocycles. The van der Waals surface area contributed by atoms with E-state index in [9.17, 15) is 19.1 Å². The van der Waals surface area contributed by atoms with Crippen molar-refractivity contribution in [3.8, 4) is 0 Å². The van der Waals surface area contributed by atoms with Gasteiger partial charge in [0.25, 0.3) is 5.91 Å². The van der Waals surface area contributed by atoms with Crippen molar-refractivity contribution in [3.05, 3.63) is 76.4 Å². The first-order valence-electron chi connectivity index (χ1n) is 8.92. The Morgan fingerprint density at radius 2 is 1.90 bits per heavy atom. The third kappa shape index (κ3) is 5.50. The highest BCUT2D eigenvalue weighted by Gasteiger charge is 2.33. The summed E-state index contributed by atoms with van der Waals surface area (Å²) in [5.41, 5.74) is 1.26. The number of benzene rings is 2. The number of aliphatic hydroxyl groups is 1. The molecule has 0 radical (unpaired) electrons. The number of carbonyl (C=O) groups is 2. The van der Waals surface area contributed by atoms with Crippen molar-refractivity contribution in [2.45, 2.75) is 12.5 Å². The number of nitrogens with zero attached hydrogens (tertiary/aromatic N) is 1. The molecule has 1 atom stereocenters. The first-order valence-corrected chi connectivity index (χ1v) is 10.1. The predicted octanol–water partition coefficient (Wildman–Crippen LogP) is 2.75. The third-order valence-electron chi connectivity index (χ3n) is 4.28. The van der Waals surface area contributed by atoms with E-state index < -0.39 is 23.7 Å². The Morgan fingerprint density at radius 3 is 2.59 bits per heavy atom. The topological polar surface area (TPSA) is 69.6 Å². The normalized spacial score (nSPS) is 16.3. The van der Waals surface area contributed by atoms with Crippen LogP contribution in [0.4, 0.5) is 4.39 Å². The molecule has 0 aliphatic carbocycles. The maximum absolute atomic E-state index is 13.8. The zero-order valence-corrected chi connectivity index (χ0v) is 17.0. The lowest BCUT2D eigenvalue weighted by Gasteiger charge is -2.19. The zero-order chi connectivity index (χ0) is 20.8.